The van der Waals surface area contributed by atoms with E-state index in [1.165, 1.54) is 19.2 Å². The zero-order valence-corrected chi connectivity index (χ0v) is 14.1. The first kappa shape index (κ1) is 17.6. The number of nitrogens with zero attached hydrogens (tertiary/aromatic N) is 1. The van der Waals surface area contributed by atoms with Crippen LogP contribution in [-0.2, 0) is 23.9 Å². The summed E-state index contributed by atoms with van der Waals surface area (Å²) in [6.45, 7) is 0.909. The van der Waals surface area contributed by atoms with Gasteiger partial charge in [0.25, 0.3) is 0 Å². The normalized spacial score (nSPS) is 14.2. The van der Waals surface area contributed by atoms with Gasteiger partial charge in [0.15, 0.2) is 0 Å². The number of methoxy groups -OCH3 is 1. The molecule has 3 rings (SSSR count). The number of carbonyl (C=O) groups is 1. The molecule has 132 valence electrons. The molecule has 0 bridgehead atoms. The smallest absolute Gasteiger partial charge is 0.417 e. The summed E-state index contributed by atoms with van der Waals surface area (Å²) < 4.78 is 45.0. The van der Waals surface area contributed by atoms with Crippen LogP contribution in [0.1, 0.15) is 16.7 Å². The molecule has 0 spiro atoms. The van der Waals surface area contributed by atoms with Gasteiger partial charge < -0.3 is 9.64 Å². The minimum Gasteiger partial charge on any atom is -0.496 e. The molecule has 1 heterocycles. The molecule has 2 aromatic rings. The summed E-state index contributed by atoms with van der Waals surface area (Å²) in [5, 5.41) is -0.352. The lowest BCUT2D eigenvalue weighted by atomic mass is 9.90. The molecular weight excluding hydrogens is 355 g/mol. The predicted octanol–water partition coefficient (Wildman–Crippen LogP) is 4.55. The molecule has 0 N–H and O–H groups in total. The third-order valence-corrected chi connectivity index (χ3v) is 4.66. The van der Waals surface area contributed by atoms with Crippen LogP contribution >= 0.6 is 11.6 Å². The Morgan fingerprint density at radius 3 is 2.64 bits per heavy atom. The summed E-state index contributed by atoms with van der Waals surface area (Å²) in [6.07, 6.45) is -3.16. The molecule has 0 fully saturated rings. The highest BCUT2D eigenvalue weighted by atomic mass is 35.5. The molecule has 1 aliphatic rings. The van der Waals surface area contributed by atoms with Crippen molar-refractivity contribution in [2.45, 2.75) is 19.1 Å². The number of fused-ring (bicyclic) bond motifs is 1. The van der Waals surface area contributed by atoms with Crippen LogP contribution in [-0.4, -0.2) is 25.0 Å². The van der Waals surface area contributed by atoms with E-state index in [2.05, 4.69) is 0 Å². The largest absolute Gasteiger partial charge is 0.496 e. The van der Waals surface area contributed by atoms with Gasteiger partial charge in [0.05, 0.1) is 17.7 Å². The summed E-state index contributed by atoms with van der Waals surface area (Å²) >= 11 is 5.73. The Morgan fingerprint density at radius 1 is 1.24 bits per heavy atom. The number of hydrogen-bond acceptors (Lipinski definition) is 2. The number of hydrogen-bond donors (Lipinski definition) is 0. The van der Waals surface area contributed by atoms with Gasteiger partial charge in [-0.1, -0.05) is 23.7 Å². The Morgan fingerprint density at radius 2 is 2.00 bits per heavy atom. The molecule has 0 saturated heterocycles. The summed E-state index contributed by atoms with van der Waals surface area (Å²) in [5.74, 6) is 0.460. The number of amides is 1. The van der Waals surface area contributed by atoms with E-state index in [1.807, 2.05) is 6.07 Å². The first-order chi connectivity index (χ1) is 11.8. The van der Waals surface area contributed by atoms with E-state index >= 15 is 0 Å². The topological polar surface area (TPSA) is 29.5 Å². The van der Waals surface area contributed by atoms with Crippen LogP contribution in [0, 0.1) is 0 Å². The van der Waals surface area contributed by atoms with Crippen LogP contribution in [0.4, 0.5) is 13.2 Å². The SMILES string of the molecule is COc1ccc2c(c1-c1ccc(Cl)c(C(F)(F)F)c1)CN(C=O)CC2. The second-order valence-corrected chi connectivity index (χ2v) is 6.21. The molecule has 0 atom stereocenters. The fraction of sp³-hybridized carbons (Fsp3) is 0.278. The van der Waals surface area contributed by atoms with Gasteiger partial charge in [0, 0.05) is 18.7 Å². The minimum atomic E-state index is -4.55. The van der Waals surface area contributed by atoms with Crippen molar-refractivity contribution in [3.05, 3.63) is 52.0 Å². The molecule has 0 aromatic heterocycles. The molecule has 0 saturated carbocycles. The highest BCUT2D eigenvalue weighted by molar-refractivity contribution is 6.31. The summed E-state index contributed by atoms with van der Waals surface area (Å²) in [5.41, 5.74) is 1.83. The number of rotatable bonds is 3. The molecule has 7 heteroatoms. The van der Waals surface area contributed by atoms with Gasteiger partial charge in [-0.2, -0.15) is 13.2 Å². The average Bonchev–Trinajstić information content (AvgIpc) is 2.59. The summed E-state index contributed by atoms with van der Waals surface area (Å²) in [4.78, 5) is 12.7. The molecule has 3 nitrogen and oxygen atoms in total. The molecule has 1 aliphatic heterocycles. The Kier molecular flexibility index (Phi) is 4.64. The average molecular weight is 370 g/mol. The van der Waals surface area contributed by atoms with Gasteiger partial charge in [0.2, 0.25) is 6.41 Å². The number of halogens is 4. The van der Waals surface area contributed by atoms with Gasteiger partial charge in [-0.3, -0.25) is 4.79 Å². The Balaban J connectivity index is 2.22. The van der Waals surface area contributed by atoms with Crippen LogP contribution in [0.15, 0.2) is 30.3 Å². The zero-order valence-electron chi connectivity index (χ0n) is 13.4. The first-order valence-electron chi connectivity index (χ1n) is 7.60. The van der Waals surface area contributed by atoms with Crippen molar-refractivity contribution in [1.82, 2.24) is 4.90 Å². The minimum absolute atomic E-state index is 0.329. The van der Waals surface area contributed by atoms with Crippen molar-refractivity contribution >= 4 is 18.0 Å². The molecule has 1 amide bonds. The van der Waals surface area contributed by atoms with Crippen molar-refractivity contribution < 1.29 is 22.7 Å². The van der Waals surface area contributed by atoms with Gasteiger partial charge in [-0.05, 0) is 41.3 Å². The third kappa shape index (κ3) is 3.31. The van der Waals surface area contributed by atoms with Gasteiger partial charge in [-0.25, -0.2) is 0 Å². The monoisotopic (exact) mass is 369 g/mol. The van der Waals surface area contributed by atoms with Crippen LogP contribution in [0.2, 0.25) is 5.02 Å². The molecule has 0 unspecified atom stereocenters. The second-order valence-electron chi connectivity index (χ2n) is 5.80. The third-order valence-electron chi connectivity index (χ3n) is 4.33. The van der Waals surface area contributed by atoms with Crippen molar-refractivity contribution in [1.29, 1.82) is 0 Å². The molecule has 2 aromatic carbocycles. The quantitative estimate of drug-likeness (QED) is 0.743. The van der Waals surface area contributed by atoms with Crippen LogP contribution in [0.3, 0.4) is 0 Å². The highest BCUT2D eigenvalue weighted by Gasteiger charge is 2.34. The van der Waals surface area contributed by atoms with Crippen LogP contribution in [0.5, 0.6) is 5.75 Å². The second kappa shape index (κ2) is 6.59. The fourth-order valence-electron chi connectivity index (χ4n) is 3.11. The predicted molar refractivity (Wildman–Crippen MR) is 88.6 cm³/mol. The van der Waals surface area contributed by atoms with Gasteiger partial charge in [0.1, 0.15) is 5.75 Å². The van der Waals surface area contributed by atoms with Crippen LogP contribution in [0.25, 0.3) is 11.1 Å². The standard InChI is InChI=1S/C18H15ClF3NO2/c1-25-16-5-3-11-6-7-23(10-24)9-13(11)17(16)12-2-4-15(19)14(8-12)18(20,21)22/h2-5,8,10H,6-7,9H2,1H3. The number of ether oxygens (including phenoxy) is 1. The maximum Gasteiger partial charge on any atom is 0.417 e. The highest BCUT2D eigenvalue weighted by Crippen LogP contribution is 2.42. The Bertz CT molecular complexity index is 821. The van der Waals surface area contributed by atoms with E-state index in [9.17, 15) is 18.0 Å². The summed E-state index contributed by atoms with van der Waals surface area (Å²) in [6, 6.07) is 7.43. The van der Waals surface area contributed by atoms with Gasteiger partial charge >= 0.3 is 6.18 Å². The molecule has 0 aliphatic carbocycles. The van der Waals surface area contributed by atoms with Crippen molar-refractivity contribution in [2.24, 2.45) is 0 Å². The Labute approximate surface area is 148 Å². The lowest BCUT2D eigenvalue weighted by molar-refractivity contribution is -0.137. The van der Waals surface area contributed by atoms with Crippen molar-refractivity contribution in [2.75, 3.05) is 13.7 Å². The lowest BCUT2D eigenvalue weighted by Gasteiger charge is -2.28. The maximum absolute atomic E-state index is 13.2. The first-order valence-corrected chi connectivity index (χ1v) is 7.98. The number of benzene rings is 2. The van der Waals surface area contributed by atoms with E-state index in [0.717, 1.165) is 23.6 Å². The van der Waals surface area contributed by atoms with E-state index in [-0.39, 0.29) is 5.02 Å². The van der Waals surface area contributed by atoms with Crippen molar-refractivity contribution in [3.8, 4) is 16.9 Å². The summed E-state index contributed by atoms with van der Waals surface area (Å²) in [7, 11) is 1.46. The van der Waals surface area contributed by atoms with E-state index in [0.29, 0.717) is 36.4 Å². The lowest BCUT2D eigenvalue weighted by Crippen LogP contribution is -2.29. The molecule has 0 radical (unpaired) electrons. The number of alkyl halides is 3. The van der Waals surface area contributed by atoms with E-state index in [4.69, 9.17) is 16.3 Å². The van der Waals surface area contributed by atoms with Gasteiger partial charge in [-0.15, -0.1) is 0 Å². The van der Waals surface area contributed by atoms with Crippen molar-refractivity contribution in [3.63, 3.8) is 0 Å². The molecular formula is C18H15ClF3NO2. The fourth-order valence-corrected chi connectivity index (χ4v) is 3.33. The zero-order chi connectivity index (χ0) is 18.2. The molecule has 25 heavy (non-hydrogen) atoms. The Hall–Kier alpha value is -2.21. The van der Waals surface area contributed by atoms with Crippen LogP contribution < -0.4 is 4.74 Å². The van der Waals surface area contributed by atoms with E-state index < -0.39 is 11.7 Å². The van der Waals surface area contributed by atoms with E-state index in [1.54, 1.807) is 11.0 Å². The number of carbonyl (C=O) groups excluding carboxylic acids is 1. The maximum atomic E-state index is 13.2.